The molecule has 206 valence electrons. The zero-order valence-corrected chi connectivity index (χ0v) is 23.8. The summed E-state index contributed by atoms with van der Waals surface area (Å²) in [6.45, 7) is 4.70. The molecule has 0 radical (unpaired) electrons. The van der Waals surface area contributed by atoms with Crippen LogP contribution in [0, 0.1) is 0 Å². The molecule has 3 aromatic carbocycles. The van der Waals surface area contributed by atoms with Gasteiger partial charge in [-0.1, -0.05) is 73.3 Å². The smallest absolute Gasteiger partial charge is 0.255 e. The minimum Gasteiger partial charge on any atom is -0.495 e. The van der Waals surface area contributed by atoms with Gasteiger partial charge in [-0.15, -0.1) is 0 Å². The first-order valence-corrected chi connectivity index (χ1v) is 14.6. The van der Waals surface area contributed by atoms with E-state index in [2.05, 4.69) is 15.5 Å². The van der Waals surface area contributed by atoms with E-state index in [9.17, 15) is 9.59 Å². The van der Waals surface area contributed by atoms with Gasteiger partial charge in [0.25, 0.3) is 5.91 Å². The molecule has 2 N–H and O–H groups in total. The zero-order chi connectivity index (χ0) is 28.1. The van der Waals surface area contributed by atoms with Gasteiger partial charge in [0.1, 0.15) is 5.75 Å². The molecule has 2 atom stereocenters. The van der Waals surface area contributed by atoms with Crippen LogP contribution in [0.1, 0.15) is 49.8 Å². The highest BCUT2D eigenvalue weighted by Gasteiger charge is 2.37. The molecule has 0 saturated carbocycles. The Labute approximate surface area is 239 Å². The van der Waals surface area contributed by atoms with Crippen LogP contribution in [0.15, 0.2) is 95.1 Å². The number of carbonyl (C=O) groups is 2. The van der Waals surface area contributed by atoms with Crippen LogP contribution in [-0.4, -0.2) is 41.3 Å². The first kappa shape index (κ1) is 27.5. The van der Waals surface area contributed by atoms with E-state index in [0.717, 1.165) is 35.0 Å². The van der Waals surface area contributed by atoms with E-state index in [4.69, 9.17) is 9.73 Å². The number of nitrogens with one attached hydrogen (secondary N) is 2. The predicted molar refractivity (Wildman–Crippen MR) is 163 cm³/mol. The zero-order valence-electron chi connectivity index (χ0n) is 23.0. The van der Waals surface area contributed by atoms with Gasteiger partial charge in [0.15, 0.2) is 5.17 Å². The molecule has 7 nitrogen and oxygen atoms in total. The van der Waals surface area contributed by atoms with Crippen molar-refractivity contribution in [1.29, 1.82) is 0 Å². The van der Waals surface area contributed by atoms with Crippen LogP contribution in [-0.2, 0) is 9.59 Å². The Balaban J connectivity index is 1.47. The summed E-state index contributed by atoms with van der Waals surface area (Å²) in [5.74, 6) is 1.06. The van der Waals surface area contributed by atoms with Crippen molar-refractivity contribution in [1.82, 2.24) is 4.90 Å². The number of amides is 2. The van der Waals surface area contributed by atoms with E-state index >= 15 is 0 Å². The monoisotopic (exact) mass is 554 g/mol. The molecule has 40 heavy (non-hydrogen) atoms. The maximum Gasteiger partial charge on any atom is 0.255 e. The van der Waals surface area contributed by atoms with Crippen LogP contribution in [0.3, 0.4) is 0 Å². The minimum atomic E-state index is -0.344. The summed E-state index contributed by atoms with van der Waals surface area (Å²) in [4.78, 5) is 34.2. The second kappa shape index (κ2) is 12.4. The fraction of sp³-hybridized carbons (Fsp3) is 0.281. The Morgan fingerprint density at radius 2 is 1.82 bits per heavy atom. The first-order valence-electron chi connectivity index (χ1n) is 13.6. The standard InChI is InChI=1S/C32H34N4O3S/c1-4-25(22-12-6-5-7-13-22)30(37)34-24-15-10-14-23(20-24)29-28(21(2)33-32-36(29)18-11-19-40-32)31(38)35-26-16-8-9-17-27(26)39-3/h5-10,12-17,20,25,29H,4,11,18-19H2,1-3H3,(H,34,37)(H,35,38). The number of hydrogen-bond acceptors (Lipinski definition) is 6. The number of amidine groups is 1. The molecule has 2 aliphatic heterocycles. The number of hydrogen-bond donors (Lipinski definition) is 2. The normalized spacial score (nSPS) is 17.4. The number of aliphatic imine (C=N–C) groups is 1. The maximum atomic E-state index is 13.9. The molecular weight excluding hydrogens is 520 g/mol. The van der Waals surface area contributed by atoms with E-state index in [1.807, 2.05) is 92.7 Å². The number of ether oxygens (including phenoxy) is 1. The summed E-state index contributed by atoms with van der Waals surface area (Å²) in [5.41, 5.74) is 4.48. The number of benzene rings is 3. The van der Waals surface area contributed by atoms with E-state index in [0.29, 0.717) is 34.8 Å². The van der Waals surface area contributed by atoms with E-state index in [1.165, 1.54) is 0 Å². The van der Waals surface area contributed by atoms with Crippen molar-refractivity contribution in [3.63, 3.8) is 0 Å². The molecule has 2 unspecified atom stereocenters. The number of carbonyl (C=O) groups excluding carboxylic acids is 2. The average molecular weight is 555 g/mol. The Kier molecular flexibility index (Phi) is 8.55. The summed E-state index contributed by atoms with van der Waals surface area (Å²) in [6.07, 6.45) is 1.69. The second-order valence-corrected chi connectivity index (χ2v) is 10.9. The third-order valence-electron chi connectivity index (χ3n) is 7.25. The fourth-order valence-electron chi connectivity index (χ4n) is 5.32. The van der Waals surface area contributed by atoms with Gasteiger partial charge < -0.3 is 20.3 Å². The van der Waals surface area contributed by atoms with Gasteiger partial charge in [-0.3, -0.25) is 9.59 Å². The van der Waals surface area contributed by atoms with Gasteiger partial charge in [-0.25, -0.2) is 4.99 Å². The molecule has 1 fully saturated rings. The molecule has 0 spiro atoms. The van der Waals surface area contributed by atoms with E-state index < -0.39 is 0 Å². The van der Waals surface area contributed by atoms with Crippen molar-refractivity contribution < 1.29 is 14.3 Å². The number of thioether (sulfide) groups is 1. The van der Waals surface area contributed by atoms with Crippen molar-refractivity contribution in [2.75, 3.05) is 30.0 Å². The molecule has 8 heteroatoms. The number of fused-ring (bicyclic) bond motifs is 1. The lowest BCUT2D eigenvalue weighted by Gasteiger charge is -2.41. The van der Waals surface area contributed by atoms with Gasteiger partial charge >= 0.3 is 0 Å². The summed E-state index contributed by atoms with van der Waals surface area (Å²) in [5, 5.41) is 7.10. The predicted octanol–water partition coefficient (Wildman–Crippen LogP) is 6.59. The van der Waals surface area contributed by atoms with Crippen molar-refractivity contribution >= 4 is 40.1 Å². The van der Waals surface area contributed by atoms with Crippen molar-refractivity contribution in [3.8, 4) is 5.75 Å². The molecule has 2 amide bonds. The molecule has 0 bridgehead atoms. The van der Waals surface area contributed by atoms with Gasteiger partial charge in [0, 0.05) is 18.0 Å². The molecule has 2 heterocycles. The van der Waals surface area contributed by atoms with Crippen LogP contribution < -0.4 is 15.4 Å². The number of para-hydroxylation sites is 2. The largest absolute Gasteiger partial charge is 0.495 e. The quantitative estimate of drug-likeness (QED) is 0.328. The molecular formula is C32H34N4O3S. The molecule has 3 aromatic rings. The number of allylic oxidation sites excluding steroid dienone is 1. The van der Waals surface area contributed by atoms with E-state index in [-0.39, 0.29) is 23.8 Å². The third-order valence-corrected chi connectivity index (χ3v) is 8.33. The van der Waals surface area contributed by atoms with E-state index in [1.54, 1.807) is 18.9 Å². The van der Waals surface area contributed by atoms with Crippen LogP contribution >= 0.6 is 11.8 Å². The summed E-state index contributed by atoms with van der Waals surface area (Å²) < 4.78 is 5.46. The number of nitrogens with zero attached hydrogens (tertiary/aromatic N) is 2. The number of rotatable bonds is 8. The highest BCUT2D eigenvalue weighted by molar-refractivity contribution is 8.13. The SMILES string of the molecule is CCC(C(=O)Nc1cccc(C2C(C(=O)Nc3ccccc3OC)=C(C)N=C3SCCCN32)c1)c1ccccc1. The minimum absolute atomic E-state index is 0.0499. The summed E-state index contributed by atoms with van der Waals surface area (Å²) in [6, 6.07) is 24.7. The lowest BCUT2D eigenvalue weighted by molar-refractivity contribution is -0.117. The van der Waals surface area contributed by atoms with Gasteiger partial charge in [0.2, 0.25) is 5.91 Å². The van der Waals surface area contributed by atoms with Crippen LogP contribution in [0.4, 0.5) is 11.4 Å². The fourth-order valence-corrected chi connectivity index (χ4v) is 6.34. The summed E-state index contributed by atoms with van der Waals surface area (Å²) >= 11 is 1.71. The number of methoxy groups -OCH3 is 1. The highest BCUT2D eigenvalue weighted by atomic mass is 32.2. The van der Waals surface area contributed by atoms with Gasteiger partial charge in [-0.05, 0) is 55.2 Å². The molecule has 0 aliphatic carbocycles. The van der Waals surface area contributed by atoms with Crippen molar-refractivity contribution in [3.05, 3.63) is 101 Å². The van der Waals surface area contributed by atoms with Crippen LogP contribution in [0.25, 0.3) is 0 Å². The van der Waals surface area contributed by atoms with Gasteiger partial charge in [-0.2, -0.15) is 0 Å². The lowest BCUT2D eigenvalue weighted by Crippen LogP contribution is -2.43. The van der Waals surface area contributed by atoms with Gasteiger partial charge in [0.05, 0.1) is 36.0 Å². The molecule has 5 rings (SSSR count). The second-order valence-electron chi connectivity index (χ2n) is 9.83. The molecule has 0 aromatic heterocycles. The molecule has 1 saturated heterocycles. The van der Waals surface area contributed by atoms with Crippen LogP contribution in [0.5, 0.6) is 5.75 Å². The third kappa shape index (κ3) is 5.77. The average Bonchev–Trinajstić information content (AvgIpc) is 2.97. The Morgan fingerprint density at radius 1 is 1.05 bits per heavy atom. The Morgan fingerprint density at radius 3 is 2.60 bits per heavy atom. The van der Waals surface area contributed by atoms with Crippen LogP contribution in [0.2, 0.25) is 0 Å². The topological polar surface area (TPSA) is 83.0 Å². The maximum absolute atomic E-state index is 13.9. The van der Waals surface area contributed by atoms with Crippen molar-refractivity contribution in [2.24, 2.45) is 4.99 Å². The Bertz CT molecular complexity index is 1450. The van der Waals surface area contributed by atoms with Crippen molar-refractivity contribution in [2.45, 2.75) is 38.6 Å². The Hall–Kier alpha value is -4.04. The number of anilines is 2. The molecule has 2 aliphatic rings. The lowest BCUT2D eigenvalue weighted by atomic mass is 9.92. The highest BCUT2D eigenvalue weighted by Crippen LogP contribution is 2.41. The first-order chi connectivity index (χ1) is 19.5. The summed E-state index contributed by atoms with van der Waals surface area (Å²) in [7, 11) is 1.58.